The van der Waals surface area contributed by atoms with Crippen molar-refractivity contribution in [3.05, 3.63) is 0 Å². The summed E-state index contributed by atoms with van der Waals surface area (Å²) in [5.41, 5.74) is 5.90. The number of rotatable bonds is 2. The van der Waals surface area contributed by atoms with Gasteiger partial charge in [-0.1, -0.05) is 6.92 Å². The van der Waals surface area contributed by atoms with E-state index in [1.807, 2.05) is 0 Å². The molecule has 0 spiro atoms. The summed E-state index contributed by atoms with van der Waals surface area (Å²) < 4.78 is 0. The number of nitrogens with one attached hydrogen (secondary N) is 1. The SMILES string of the molecule is CC1CSCC1NC1CCC(N)CC1. The molecule has 0 bridgehead atoms. The molecule has 0 amide bonds. The average Bonchev–Trinajstić information content (AvgIpc) is 2.56. The van der Waals surface area contributed by atoms with Gasteiger partial charge >= 0.3 is 0 Å². The number of nitrogens with two attached hydrogens (primary N) is 1. The van der Waals surface area contributed by atoms with Crippen LogP contribution in [0.3, 0.4) is 0 Å². The van der Waals surface area contributed by atoms with Gasteiger partial charge in [0.15, 0.2) is 0 Å². The average molecular weight is 214 g/mol. The zero-order chi connectivity index (χ0) is 9.97. The van der Waals surface area contributed by atoms with Gasteiger partial charge in [0.1, 0.15) is 0 Å². The number of hydrogen-bond acceptors (Lipinski definition) is 3. The minimum atomic E-state index is 0.475. The summed E-state index contributed by atoms with van der Waals surface area (Å²) >= 11 is 2.09. The first-order valence-corrected chi connectivity index (χ1v) is 7.00. The van der Waals surface area contributed by atoms with E-state index in [9.17, 15) is 0 Å². The summed E-state index contributed by atoms with van der Waals surface area (Å²) in [5, 5.41) is 3.81. The molecule has 2 aliphatic rings. The van der Waals surface area contributed by atoms with Crippen molar-refractivity contribution in [1.82, 2.24) is 5.32 Å². The highest BCUT2D eigenvalue weighted by molar-refractivity contribution is 7.99. The highest BCUT2D eigenvalue weighted by atomic mass is 32.2. The van der Waals surface area contributed by atoms with Crippen molar-refractivity contribution in [2.24, 2.45) is 11.7 Å². The summed E-state index contributed by atoms with van der Waals surface area (Å²) in [5.74, 6) is 3.50. The maximum atomic E-state index is 5.90. The highest BCUT2D eigenvalue weighted by Gasteiger charge is 2.27. The molecule has 0 aromatic heterocycles. The zero-order valence-electron chi connectivity index (χ0n) is 9.04. The van der Waals surface area contributed by atoms with Gasteiger partial charge < -0.3 is 11.1 Å². The predicted molar refractivity (Wildman–Crippen MR) is 63.6 cm³/mol. The Bertz CT molecular complexity index is 178. The van der Waals surface area contributed by atoms with E-state index in [-0.39, 0.29) is 0 Å². The molecular weight excluding hydrogens is 192 g/mol. The van der Waals surface area contributed by atoms with E-state index in [2.05, 4.69) is 24.0 Å². The Balaban J connectivity index is 1.74. The van der Waals surface area contributed by atoms with Crippen molar-refractivity contribution >= 4 is 11.8 Å². The van der Waals surface area contributed by atoms with Crippen LogP contribution in [-0.4, -0.2) is 29.6 Å². The van der Waals surface area contributed by atoms with Crippen molar-refractivity contribution in [2.45, 2.75) is 50.7 Å². The van der Waals surface area contributed by atoms with E-state index in [0.29, 0.717) is 6.04 Å². The summed E-state index contributed by atoms with van der Waals surface area (Å²) in [7, 11) is 0. The van der Waals surface area contributed by atoms with Crippen LogP contribution in [0.25, 0.3) is 0 Å². The Hall–Kier alpha value is 0.270. The van der Waals surface area contributed by atoms with Crippen LogP contribution >= 0.6 is 11.8 Å². The molecule has 82 valence electrons. The fraction of sp³-hybridized carbons (Fsp3) is 1.00. The molecule has 1 saturated carbocycles. The van der Waals surface area contributed by atoms with Crippen LogP contribution in [0.4, 0.5) is 0 Å². The van der Waals surface area contributed by atoms with Crippen molar-refractivity contribution in [3.8, 4) is 0 Å². The molecule has 2 unspecified atom stereocenters. The first-order chi connectivity index (χ1) is 6.75. The minimum Gasteiger partial charge on any atom is -0.328 e. The van der Waals surface area contributed by atoms with Crippen molar-refractivity contribution in [2.75, 3.05) is 11.5 Å². The molecule has 2 rings (SSSR count). The van der Waals surface area contributed by atoms with Crippen LogP contribution in [0, 0.1) is 5.92 Å². The molecule has 1 heterocycles. The monoisotopic (exact) mass is 214 g/mol. The second-order valence-electron chi connectivity index (χ2n) is 4.90. The molecular formula is C11H22N2S. The van der Waals surface area contributed by atoms with Gasteiger partial charge in [-0.25, -0.2) is 0 Å². The summed E-state index contributed by atoms with van der Waals surface area (Å²) in [6, 6.07) is 1.99. The van der Waals surface area contributed by atoms with Crippen LogP contribution in [0.2, 0.25) is 0 Å². The molecule has 2 fully saturated rings. The second kappa shape index (κ2) is 4.86. The molecule has 3 N–H and O–H groups in total. The molecule has 3 heteroatoms. The molecule has 14 heavy (non-hydrogen) atoms. The normalized spacial score (nSPS) is 44.1. The maximum Gasteiger partial charge on any atom is 0.0194 e. The van der Waals surface area contributed by atoms with Gasteiger partial charge in [0, 0.05) is 23.9 Å². The largest absolute Gasteiger partial charge is 0.328 e. The maximum absolute atomic E-state index is 5.90. The Morgan fingerprint density at radius 3 is 2.43 bits per heavy atom. The van der Waals surface area contributed by atoms with Gasteiger partial charge in [-0.2, -0.15) is 11.8 Å². The first-order valence-electron chi connectivity index (χ1n) is 5.85. The number of thioether (sulfide) groups is 1. The molecule has 1 saturated heterocycles. The molecule has 2 atom stereocenters. The number of hydrogen-bond donors (Lipinski definition) is 2. The lowest BCUT2D eigenvalue weighted by Gasteiger charge is -2.30. The Morgan fingerprint density at radius 1 is 1.14 bits per heavy atom. The van der Waals surface area contributed by atoms with E-state index in [4.69, 9.17) is 5.73 Å². The Kier molecular flexibility index (Phi) is 3.74. The van der Waals surface area contributed by atoms with Gasteiger partial charge in [0.05, 0.1) is 0 Å². The smallest absolute Gasteiger partial charge is 0.0194 e. The summed E-state index contributed by atoms with van der Waals surface area (Å²) in [4.78, 5) is 0. The van der Waals surface area contributed by atoms with Crippen LogP contribution in [-0.2, 0) is 0 Å². The lowest BCUT2D eigenvalue weighted by Crippen LogP contribution is -2.45. The molecule has 0 radical (unpaired) electrons. The van der Waals surface area contributed by atoms with Gasteiger partial charge in [-0.3, -0.25) is 0 Å². The topological polar surface area (TPSA) is 38.0 Å². The van der Waals surface area contributed by atoms with E-state index >= 15 is 0 Å². The van der Waals surface area contributed by atoms with E-state index < -0.39 is 0 Å². The Labute approximate surface area is 91.4 Å². The molecule has 0 aromatic carbocycles. The van der Waals surface area contributed by atoms with Crippen LogP contribution in [0.15, 0.2) is 0 Å². The third-order valence-electron chi connectivity index (χ3n) is 3.59. The lowest BCUT2D eigenvalue weighted by atomic mass is 9.90. The summed E-state index contributed by atoms with van der Waals surface area (Å²) in [6.07, 6.45) is 5.00. The fourth-order valence-electron chi connectivity index (χ4n) is 2.46. The van der Waals surface area contributed by atoms with E-state index in [1.165, 1.54) is 37.2 Å². The third-order valence-corrected chi connectivity index (χ3v) is 4.94. The quantitative estimate of drug-likeness (QED) is 0.733. The lowest BCUT2D eigenvalue weighted by molar-refractivity contribution is 0.301. The van der Waals surface area contributed by atoms with Crippen molar-refractivity contribution in [1.29, 1.82) is 0 Å². The van der Waals surface area contributed by atoms with Crippen LogP contribution in [0.5, 0.6) is 0 Å². The zero-order valence-corrected chi connectivity index (χ0v) is 9.85. The minimum absolute atomic E-state index is 0.475. The van der Waals surface area contributed by atoms with E-state index in [1.54, 1.807) is 0 Å². The second-order valence-corrected chi connectivity index (χ2v) is 5.97. The predicted octanol–water partition coefficient (Wildman–Crippen LogP) is 1.60. The standard InChI is InChI=1S/C11H22N2S/c1-8-6-14-7-11(8)13-10-4-2-9(12)3-5-10/h8-11,13H,2-7,12H2,1H3. The Morgan fingerprint density at radius 2 is 1.86 bits per heavy atom. The van der Waals surface area contributed by atoms with E-state index in [0.717, 1.165) is 18.0 Å². The van der Waals surface area contributed by atoms with Gasteiger partial charge in [0.2, 0.25) is 0 Å². The van der Waals surface area contributed by atoms with Crippen LogP contribution in [0.1, 0.15) is 32.6 Å². The van der Waals surface area contributed by atoms with Gasteiger partial charge in [0.25, 0.3) is 0 Å². The van der Waals surface area contributed by atoms with Gasteiger partial charge in [-0.05, 0) is 37.4 Å². The first kappa shape index (κ1) is 10.8. The summed E-state index contributed by atoms with van der Waals surface area (Å²) in [6.45, 7) is 2.37. The van der Waals surface area contributed by atoms with Crippen LogP contribution < -0.4 is 11.1 Å². The molecule has 0 aromatic rings. The molecule has 1 aliphatic heterocycles. The van der Waals surface area contributed by atoms with Crippen molar-refractivity contribution in [3.63, 3.8) is 0 Å². The van der Waals surface area contributed by atoms with Crippen molar-refractivity contribution < 1.29 is 0 Å². The molecule has 2 nitrogen and oxygen atoms in total. The molecule has 1 aliphatic carbocycles. The highest BCUT2D eigenvalue weighted by Crippen LogP contribution is 2.26. The third kappa shape index (κ3) is 2.65. The van der Waals surface area contributed by atoms with Gasteiger partial charge in [-0.15, -0.1) is 0 Å². The fourth-order valence-corrected chi connectivity index (χ4v) is 3.88.